The Balaban J connectivity index is 3.95. The van der Waals surface area contributed by atoms with E-state index >= 15 is 0 Å². The second kappa shape index (κ2) is 66.4. The maximum absolute atomic E-state index is 12.8. The summed E-state index contributed by atoms with van der Waals surface area (Å²) in [6.07, 6.45) is 81.0. The molecule has 0 aliphatic carbocycles. The smallest absolute Gasteiger partial charge is 0.306 e. The third-order valence-corrected chi connectivity index (χ3v) is 16.0. The van der Waals surface area contributed by atoms with Crippen LogP contribution < -0.4 is 0 Å². The highest BCUT2D eigenvalue weighted by Crippen LogP contribution is 2.19. The minimum atomic E-state index is -0.774. The van der Waals surface area contributed by atoms with Gasteiger partial charge in [0, 0.05) is 19.3 Å². The standard InChI is InChI=1S/C71H134O6/c1-4-7-10-13-16-19-22-24-26-27-28-29-30-31-32-33-34-35-36-37-38-39-40-41-42-43-44-45-46-48-49-52-55-58-61-64-70(73)76-67-68(66-75-69(72)63-60-57-54-51-21-18-15-12-9-6-3)77-71(74)65-62-59-56-53-50-47-25-23-20-17-14-11-8-5-2/h14,17,23,25,68H,4-13,15-16,18-22,24,26-67H2,1-3H3/b17-14-,25-23-. The van der Waals surface area contributed by atoms with Crippen molar-refractivity contribution in [1.29, 1.82) is 0 Å². The van der Waals surface area contributed by atoms with Crippen molar-refractivity contribution in [2.45, 2.75) is 399 Å². The van der Waals surface area contributed by atoms with Gasteiger partial charge >= 0.3 is 17.9 Å². The van der Waals surface area contributed by atoms with Crippen molar-refractivity contribution in [3.8, 4) is 0 Å². The molecule has 6 heteroatoms. The van der Waals surface area contributed by atoms with Crippen molar-refractivity contribution in [2.75, 3.05) is 13.2 Å². The largest absolute Gasteiger partial charge is 0.462 e. The molecule has 0 spiro atoms. The number of unbranched alkanes of at least 4 members (excludes halogenated alkanes) is 50. The van der Waals surface area contributed by atoms with E-state index in [9.17, 15) is 14.4 Å². The van der Waals surface area contributed by atoms with Crippen molar-refractivity contribution >= 4 is 17.9 Å². The van der Waals surface area contributed by atoms with Crippen LogP contribution in [-0.4, -0.2) is 37.2 Å². The van der Waals surface area contributed by atoms with Gasteiger partial charge in [-0.2, -0.15) is 0 Å². The van der Waals surface area contributed by atoms with Crippen LogP contribution in [0.5, 0.6) is 0 Å². The lowest BCUT2D eigenvalue weighted by molar-refractivity contribution is -0.167. The van der Waals surface area contributed by atoms with Crippen LogP contribution in [0.2, 0.25) is 0 Å². The van der Waals surface area contributed by atoms with E-state index in [1.807, 2.05) is 0 Å². The van der Waals surface area contributed by atoms with Crippen LogP contribution in [-0.2, 0) is 28.6 Å². The van der Waals surface area contributed by atoms with Gasteiger partial charge in [-0.05, 0) is 44.9 Å². The molecule has 0 N–H and O–H groups in total. The monoisotopic (exact) mass is 1080 g/mol. The summed E-state index contributed by atoms with van der Waals surface area (Å²) < 4.78 is 16.9. The van der Waals surface area contributed by atoms with Crippen LogP contribution in [0, 0.1) is 0 Å². The first-order valence-corrected chi connectivity index (χ1v) is 34.8. The third-order valence-electron chi connectivity index (χ3n) is 16.0. The van der Waals surface area contributed by atoms with Gasteiger partial charge in [-0.3, -0.25) is 14.4 Å². The normalized spacial score (nSPS) is 12.1. The highest BCUT2D eigenvalue weighted by molar-refractivity contribution is 5.71. The van der Waals surface area contributed by atoms with Gasteiger partial charge in [0.25, 0.3) is 0 Å². The van der Waals surface area contributed by atoms with Crippen molar-refractivity contribution < 1.29 is 28.6 Å². The van der Waals surface area contributed by atoms with E-state index in [2.05, 4.69) is 45.1 Å². The highest BCUT2D eigenvalue weighted by Gasteiger charge is 2.19. The molecular weight excluding hydrogens is 949 g/mol. The molecule has 0 aromatic rings. The summed E-state index contributed by atoms with van der Waals surface area (Å²) in [4.78, 5) is 38.2. The van der Waals surface area contributed by atoms with Crippen molar-refractivity contribution in [2.24, 2.45) is 0 Å². The summed E-state index contributed by atoms with van der Waals surface area (Å²) in [5.41, 5.74) is 0. The van der Waals surface area contributed by atoms with Crippen LogP contribution >= 0.6 is 0 Å². The first kappa shape index (κ1) is 74.9. The fourth-order valence-corrected chi connectivity index (χ4v) is 10.7. The Morgan fingerprint density at radius 1 is 0.260 bits per heavy atom. The van der Waals surface area contributed by atoms with Crippen LogP contribution in [0.25, 0.3) is 0 Å². The molecule has 0 rings (SSSR count). The Morgan fingerprint density at radius 3 is 0.753 bits per heavy atom. The third kappa shape index (κ3) is 64.6. The average molecular weight is 1080 g/mol. The van der Waals surface area contributed by atoms with Crippen LogP contribution in [0.4, 0.5) is 0 Å². The number of rotatable bonds is 65. The molecule has 77 heavy (non-hydrogen) atoms. The van der Waals surface area contributed by atoms with Crippen molar-refractivity contribution in [3.63, 3.8) is 0 Å². The van der Waals surface area contributed by atoms with E-state index in [4.69, 9.17) is 14.2 Å². The average Bonchev–Trinajstić information content (AvgIpc) is 3.43. The summed E-state index contributed by atoms with van der Waals surface area (Å²) in [6, 6.07) is 0. The first-order chi connectivity index (χ1) is 38.0. The Bertz CT molecular complexity index is 1240. The molecule has 0 aliphatic rings. The van der Waals surface area contributed by atoms with Gasteiger partial charge < -0.3 is 14.2 Å². The molecule has 1 atom stereocenters. The van der Waals surface area contributed by atoms with Crippen LogP contribution in [0.3, 0.4) is 0 Å². The number of esters is 3. The molecule has 0 fully saturated rings. The molecule has 0 aromatic carbocycles. The van der Waals surface area contributed by atoms with Crippen LogP contribution in [0.1, 0.15) is 393 Å². The highest BCUT2D eigenvalue weighted by atomic mass is 16.6. The van der Waals surface area contributed by atoms with Gasteiger partial charge in [-0.25, -0.2) is 0 Å². The number of ether oxygens (including phenoxy) is 3. The van der Waals surface area contributed by atoms with Crippen molar-refractivity contribution in [1.82, 2.24) is 0 Å². The predicted molar refractivity (Wildman–Crippen MR) is 335 cm³/mol. The van der Waals surface area contributed by atoms with E-state index < -0.39 is 6.10 Å². The first-order valence-electron chi connectivity index (χ1n) is 34.8. The summed E-state index contributed by atoms with van der Waals surface area (Å²) in [7, 11) is 0. The molecule has 454 valence electrons. The number of hydrogen-bond donors (Lipinski definition) is 0. The maximum atomic E-state index is 12.8. The minimum absolute atomic E-state index is 0.0716. The Hall–Kier alpha value is -2.11. The topological polar surface area (TPSA) is 78.9 Å². The van der Waals surface area contributed by atoms with E-state index in [1.165, 1.54) is 270 Å². The molecule has 0 saturated heterocycles. The van der Waals surface area contributed by atoms with Gasteiger partial charge in [-0.15, -0.1) is 0 Å². The molecule has 0 aliphatic heterocycles. The zero-order valence-electron chi connectivity index (χ0n) is 52.3. The van der Waals surface area contributed by atoms with Crippen molar-refractivity contribution in [3.05, 3.63) is 24.3 Å². The molecule has 0 heterocycles. The Kier molecular flexibility index (Phi) is 64.6. The number of carbonyl (C=O) groups excluding carboxylic acids is 3. The Labute approximate surface area is 481 Å². The molecule has 0 saturated carbocycles. The molecule has 0 aromatic heterocycles. The summed E-state index contributed by atoms with van der Waals surface area (Å²) in [5.74, 6) is -0.863. The lowest BCUT2D eigenvalue weighted by Gasteiger charge is -2.18. The SMILES string of the molecule is CCCC/C=C\C/C=C\CCCCCCCC(=O)OC(COC(=O)CCCCCCCCCCCC)COC(=O)CCCCCCCCCCCCCCCCCCCCCCCCCCCCCCCCCCCCC. The molecule has 0 amide bonds. The van der Waals surface area contributed by atoms with Crippen LogP contribution in [0.15, 0.2) is 24.3 Å². The quantitative estimate of drug-likeness (QED) is 0.0261. The lowest BCUT2D eigenvalue weighted by Crippen LogP contribution is -2.30. The number of allylic oxidation sites excluding steroid dienone is 4. The zero-order chi connectivity index (χ0) is 55.7. The number of carbonyl (C=O) groups is 3. The zero-order valence-corrected chi connectivity index (χ0v) is 52.3. The molecule has 0 radical (unpaired) electrons. The number of hydrogen-bond acceptors (Lipinski definition) is 6. The van der Waals surface area contributed by atoms with Gasteiger partial charge in [0.1, 0.15) is 13.2 Å². The van der Waals surface area contributed by atoms with Gasteiger partial charge in [0.05, 0.1) is 0 Å². The molecule has 6 nitrogen and oxygen atoms in total. The second-order valence-corrected chi connectivity index (χ2v) is 23.8. The van der Waals surface area contributed by atoms with E-state index in [1.54, 1.807) is 0 Å². The lowest BCUT2D eigenvalue weighted by atomic mass is 10.0. The molecule has 1 unspecified atom stereocenters. The van der Waals surface area contributed by atoms with E-state index in [0.29, 0.717) is 19.3 Å². The maximum Gasteiger partial charge on any atom is 0.306 e. The molecule has 0 bridgehead atoms. The molecular formula is C71H134O6. The fraction of sp³-hybridized carbons (Fsp3) is 0.901. The fourth-order valence-electron chi connectivity index (χ4n) is 10.7. The Morgan fingerprint density at radius 2 is 0.481 bits per heavy atom. The minimum Gasteiger partial charge on any atom is -0.462 e. The summed E-state index contributed by atoms with van der Waals surface area (Å²) in [5, 5.41) is 0. The van der Waals surface area contributed by atoms with Gasteiger partial charge in [0.15, 0.2) is 6.10 Å². The second-order valence-electron chi connectivity index (χ2n) is 23.8. The van der Waals surface area contributed by atoms with E-state index in [0.717, 1.165) is 83.5 Å². The van der Waals surface area contributed by atoms with Gasteiger partial charge in [0.2, 0.25) is 0 Å². The predicted octanol–water partition coefficient (Wildman–Crippen LogP) is 23.8. The van der Waals surface area contributed by atoms with E-state index in [-0.39, 0.29) is 31.1 Å². The van der Waals surface area contributed by atoms with Gasteiger partial charge in [-0.1, -0.05) is 353 Å². The summed E-state index contributed by atoms with van der Waals surface area (Å²) in [6.45, 7) is 6.64. The summed E-state index contributed by atoms with van der Waals surface area (Å²) >= 11 is 0.